The summed E-state index contributed by atoms with van der Waals surface area (Å²) in [5.74, 6) is -0.245. The Kier molecular flexibility index (Phi) is 6.09. The number of ether oxygens (including phenoxy) is 1. The maximum atomic E-state index is 13.4. The van der Waals surface area contributed by atoms with Crippen LogP contribution < -0.4 is 5.32 Å². The van der Waals surface area contributed by atoms with Crippen LogP contribution in [0.4, 0.5) is 9.52 Å². The number of nitrogens with one attached hydrogen (secondary N) is 1. The number of hydrogen-bond acceptors (Lipinski definition) is 8. The van der Waals surface area contributed by atoms with E-state index in [-0.39, 0.29) is 21.5 Å². The van der Waals surface area contributed by atoms with Crippen LogP contribution in [-0.4, -0.2) is 47.6 Å². The minimum absolute atomic E-state index is 0.0718. The number of benzene rings is 1. The Morgan fingerprint density at radius 2 is 2.06 bits per heavy atom. The third-order valence-corrected chi connectivity index (χ3v) is 9.28. The molecule has 1 atom stereocenters. The number of nitrogens with zero attached hydrogens (tertiary/aromatic N) is 4. The summed E-state index contributed by atoms with van der Waals surface area (Å²) in [5, 5.41) is 16.2. The number of carbonyl (C=O) groups excluding carboxylic acids is 1. The van der Waals surface area contributed by atoms with Gasteiger partial charge in [0.15, 0.2) is 20.1 Å². The fourth-order valence-corrected chi connectivity index (χ4v) is 6.75. The fourth-order valence-electron chi connectivity index (χ4n) is 4.34. The predicted octanol–water partition coefficient (Wildman–Crippen LogP) is 3.44. The first-order chi connectivity index (χ1) is 16.4. The van der Waals surface area contributed by atoms with Crippen LogP contribution in [-0.2, 0) is 19.4 Å². The van der Waals surface area contributed by atoms with Gasteiger partial charge in [0.2, 0.25) is 0 Å². The predicted molar refractivity (Wildman–Crippen MR) is 123 cm³/mol. The van der Waals surface area contributed by atoms with E-state index >= 15 is 0 Å². The van der Waals surface area contributed by atoms with E-state index in [1.165, 1.54) is 16.9 Å². The molecule has 1 amide bonds. The van der Waals surface area contributed by atoms with Crippen molar-refractivity contribution in [3.05, 3.63) is 35.2 Å². The highest BCUT2D eigenvalue weighted by atomic mass is 32.2. The van der Waals surface area contributed by atoms with Crippen LogP contribution in [0.3, 0.4) is 0 Å². The van der Waals surface area contributed by atoms with Gasteiger partial charge in [-0.1, -0.05) is 11.3 Å². The maximum absolute atomic E-state index is 13.4. The summed E-state index contributed by atoms with van der Waals surface area (Å²) < 4.78 is 46.5. The van der Waals surface area contributed by atoms with Gasteiger partial charge in [0.25, 0.3) is 5.91 Å². The summed E-state index contributed by atoms with van der Waals surface area (Å²) in [6.07, 6.45) is 5.65. The molecule has 9 nitrogen and oxygen atoms in total. The monoisotopic (exact) mass is 503 g/mol. The second-order valence-electron chi connectivity index (χ2n) is 8.62. The summed E-state index contributed by atoms with van der Waals surface area (Å²) in [4.78, 5) is 17.3. The zero-order chi connectivity index (χ0) is 23.9. The Hall–Kier alpha value is -2.88. The average Bonchev–Trinajstić information content (AvgIpc) is 3.51. The van der Waals surface area contributed by atoms with Crippen molar-refractivity contribution in [1.29, 1.82) is 5.26 Å². The zero-order valence-corrected chi connectivity index (χ0v) is 19.7. The van der Waals surface area contributed by atoms with Crippen LogP contribution in [0.2, 0.25) is 0 Å². The summed E-state index contributed by atoms with van der Waals surface area (Å²) in [7, 11) is -3.60. The first-order valence-corrected chi connectivity index (χ1v) is 13.4. The lowest BCUT2D eigenvalue weighted by atomic mass is 9.92. The molecular weight excluding hydrogens is 481 g/mol. The lowest BCUT2D eigenvalue weighted by Gasteiger charge is -2.26. The standard InChI is InChI=1S/C22H22FN5O4S2/c23-20-12-25-22(33-20)27-21(29)18(7-13-3-5-32-6-4-13)28-17-8-14(10-24)9-19(16(17)11-26-28)34(30,31)15-1-2-15/h8-9,11-13,15,18H,1-7H2,(H,25,27,29)/t18-/m1/s1. The van der Waals surface area contributed by atoms with Crippen LogP contribution in [0.25, 0.3) is 10.9 Å². The van der Waals surface area contributed by atoms with Crippen molar-refractivity contribution in [3.8, 4) is 6.07 Å². The topological polar surface area (TPSA) is 127 Å². The van der Waals surface area contributed by atoms with E-state index in [2.05, 4.69) is 15.4 Å². The highest BCUT2D eigenvalue weighted by Crippen LogP contribution is 2.38. The molecule has 2 aromatic heterocycles. The second-order valence-corrected chi connectivity index (χ2v) is 11.8. The van der Waals surface area contributed by atoms with Gasteiger partial charge in [0.1, 0.15) is 6.04 Å². The van der Waals surface area contributed by atoms with Gasteiger partial charge < -0.3 is 10.1 Å². The lowest BCUT2D eigenvalue weighted by molar-refractivity contribution is -0.120. The molecule has 34 heavy (non-hydrogen) atoms. The third kappa shape index (κ3) is 4.43. The molecule has 0 unspecified atom stereocenters. The summed E-state index contributed by atoms with van der Waals surface area (Å²) in [5.41, 5.74) is 0.580. The Labute approximate surface area is 199 Å². The molecule has 1 aromatic carbocycles. The van der Waals surface area contributed by atoms with E-state index in [9.17, 15) is 22.9 Å². The van der Waals surface area contributed by atoms with E-state index in [4.69, 9.17) is 4.74 Å². The van der Waals surface area contributed by atoms with Crippen molar-refractivity contribution < 1.29 is 22.3 Å². The van der Waals surface area contributed by atoms with Crippen molar-refractivity contribution in [3.63, 3.8) is 0 Å². The molecule has 0 radical (unpaired) electrons. The summed E-state index contributed by atoms with van der Waals surface area (Å²) in [6, 6.07) is 4.16. The SMILES string of the molecule is N#Cc1cc(S(=O)(=O)C2CC2)c2cnn([C@H](CC3CCOCC3)C(=O)Nc3ncc(F)s3)c2c1. The van der Waals surface area contributed by atoms with E-state index in [0.29, 0.717) is 43.4 Å². The highest BCUT2D eigenvalue weighted by molar-refractivity contribution is 7.92. The van der Waals surface area contributed by atoms with Gasteiger partial charge in [-0.2, -0.15) is 14.8 Å². The van der Waals surface area contributed by atoms with Gasteiger partial charge in [-0.15, -0.1) is 0 Å². The van der Waals surface area contributed by atoms with Gasteiger partial charge in [0.05, 0.1) is 39.7 Å². The van der Waals surface area contributed by atoms with Gasteiger partial charge in [-0.25, -0.2) is 13.4 Å². The molecular formula is C22H22FN5O4S2. The van der Waals surface area contributed by atoms with Gasteiger partial charge >= 0.3 is 0 Å². The Bertz CT molecular complexity index is 1380. The van der Waals surface area contributed by atoms with Crippen LogP contribution in [0.15, 0.2) is 29.4 Å². The first-order valence-electron chi connectivity index (χ1n) is 11.0. The highest BCUT2D eigenvalue weighted by Gasteiger charge is 2.39. The smallest absolute Gasteiger partial charge is 0.251 e. The van der Waals surface area contributed by atoms with Gasteiger partial charge in [-0.05, 0) is 50.2 Å². The van der Waals surface area contributed by atoms with Crippen LogP contribution in [0.1, 0.15) is 43.7 Å². The minimum Gasteiger partial charge on any atom is -0.381 e. The molecule has 2 aliphatic rings. The molecule has 1 aliphatic heterocycles. The molecule has 1 N–H and O–H groups in total. The summed E-state index contributed by atoms with van der Waals surface area (Å²) in [6.45, 7) is 1.19. The largest absolute Gasteiger partial charge is 0.381 e. The van der Waals surface area contributed by atoms with Crippen LogP contribution >= 0.6 is 11.3 Å². The number of sulfone groups is 1. The molecule has 3 heterocycles. The number of carbonyl (C=O) groups is 1. The zero-order valence-electron chi connectivity index (χ0n) is 18.1. The molecule has 178 valence electrons. The van der Waals surface area contributed by atoms with E-state index < -0.39 is 32.2 Å². The molecule has 3 aromatic rings. The number of fused-ring (bicyclic) bond motifs is 1. The van der Waals surface area contributed by atoms with Crippen molar-refractivity contribution in [2.75, 3.05) is 18.5 Å². The van der Waals surface area contributed by atoms with Crippen molar-refractivity contribution in [1.82, 2.24) is 14.8 Å². The van der Waals surface area contributed by atoms with Gasteiger partial charge in [-0.3, -0.25) is 9.48 Å². The number of anilines is 1. The van der Waals surface area contributed by atoms with E-state index in [1.807, 2.05) is 6.07 Å². The molecule has 1 saturated heterocycles. The minimum atomic E-state index is -3.60. The number of hydrogen-bond donors (Lipinski definition) is 1. The van der Waals surface area contributed by atoms with Crippen molar-refractivity contribution in [2.45, 2.75) is 48.3 Å². The van der Waals surface area contributed by atoms with E-state index in [0.717, 1.165) is 30.4 Å². The second kappa shape index (κ2) is 9.05. The van der Waals surface area contributed by atoms with Gasteiger partial charge in [0, 0.05) is 18.6 Å². The number of amides is 1. The quantitative estimate of drug-likeness (QED) is 0.523. The van der Waals surface area contributed by atoms with Crippen molar-refractivity contribution >= 4 is 43.1 Å². The third-order valence-electron chi connectivity index (χ3n) is 6.28. The van der Waals surface area contributed by atoms with Crippen molar-refractivity contribution in [2.24, 2.45) is 5.92 Å². The van der Waals surface area contributed by atoms with Crippen LogP contribution in [0, 0.1) is 22.4 Å². The molecule has 1 aliphatic carbocycles. The lowest BCUT2D eigenvalue weighted by Crippen LogP contribution is -2.30. The normalized spacial score (nSPS) is 18.0. The Morgan fingerprint density at radius 3 is 2.71 bits per heavy atom. The molecule has 0 bridgehead atoms. The number of aromatic nitrogens is 3. The number of halogens is 1. The Morgan fingerprint density at radius 1 is 1.29 bits per heavy atom. The van der Waals surface area contributed by atoms with E-state index in [1.54, 1.807) is 6.07 Å². The molecule has 12 heteroatoms. The number of nitriles is 1. The maximum Gasteiger partial charge on any atom is 0.251 e. The van der Waals surface area contributed by atoms with Crippen LogP contribution in [0.5, 0.6) is 0 Å². The fraction of sp³-hybridized carbons (Fsp3) is 0.455. The molecule has 0 spiro atoms. The first kappa shape index (κ1) is 22.9. The number of thiazole rings is 1. The summed E-state index contributed by atoms with van der Waals surface area (Å²) >= 11 is 0.721. The molecule has 1 saturated carbocycles. The Balaban J connectivity index is 1.58. The molecule has 5 rings (SSSR count). The average molecular weight is 504 g/mol. The molecule has 2 fully saturated rings. The number of rotatable bonds is 7.